The predicted octanol–water partition coefficient (Wildman–Crippen LogP) is 1.54. The fourth-order valence-corrected chi connectivity index (χ4v) is 6.57. The number of nitrogens with one attached hydrogen (secondary N) is 1. The number of nitrogens with two attached hydrogens (primary N) is 1. The van der Waals surface area contributed by atoms with Crippen molar-refractivity contribution in [3.63, 3.8) is 0 Å². The lowest BCUT2D eigenvalue weighted by molar-refractivity contribution is -0.175. The van der Waals surface area contributed by atoms with Gasteiger partial charge in [0.2, 0.25) is 5.91 Å². The van der Waals surface area contributed by atoms with Crippen LogP contribution >= 0.6 is 0 Å². The van der Waals surface area contributed by atoms with Crippen molar-refractivity contribution in [2.24, 2.45) is 29.4 Å². The van der Waals surface area contributed by atoms with Crippen molar-refractivity contribution in [3.8, 4) is 17.1 Å². The van der Waals surface area contributed by atoms with Gasteiger partial charge in [-0.15, -0.1) is 0 Å². The summed E-state index contributed by atoms with van der Waals surface area (Å²) in [5.41, 5.74) is 3.78. The van der Waals surface area contributed by atoms with Gasteiger partial charge in [0, 0.05) is 37.7 Å². The summed E-state index contributed by atoms with van der Waals surface area (Å²) in [6.45, 7) is 6.50. The number of primary amides is 1. The van der Waals surface area contributed by atoms with Crippen LogP contribution in [0.3, 0.4) is 0 Å². The Morgan fingerprint density at radius 1 is 1.15 bits per heavy atom. The van der Waals surface area contributed by atoms with Crippen LogP contribution in [0.25, 0.3) is 11.3 Å². The average Bonchev–Trinajstić information content (AvgIpc) is 3.33. The van der Waals surface area contributed by atoms with Crippen molar-refractivity contribution < 1.29 is 38.6 Å². The van der Waals surface area contributed by atoms with E-state index in [-0.39, 0.29) is 41.7 Å². The van der Waals surface area contributed by atoms with Gasteiger partial charge in [-0.05, 0) is 63.3 Å². The third-order valence-corrected chi connectivity index (χ3v) is 8.58. The Kier molecular flexibility index (Phi) is 6.74. The Bertz CT molecular complexity index is 1500. The largest absolute Gasteiger partial charge is 0.506 e. The first kappa shape index (κ1) is 28.7. The fraction of sp³-hybridized carbons (Fsp3) is 0.500. The van der Waals surface area contributed by atoms with Gasteiger partial charge in [-0.2, -0.15) is 0 Å². The monoisotopic (exact) mass is 565 g/mol. The highest BCUT2D eigenvalue weighted by Crippen LogP contribution is 2.52. The van der Waals surface area contributed by atoms with E-state index in [1.54, 1.807) is 37.2 Å². The van der Waals surface area contributed by atoms with E-state index < -0.39 is 58.3 Å². The molecule has 5 N–H and O–H groups in total. The van der Waals surface area contributed by atoms with Crippen LogP contribution in [-0.2, 0) is 32.1 Å². The number of fused-ring (bicyclic) bond motifs is 3. The van der Waals surface area contributed by atoms with Crippen molar-refractivity contribution in [1.29, 1.82) is 0 Å². The first-order valence-electron chi connectivity index (χ1n) is 13.6. The third kappa shape index (κ3) is 4.47. The number of rotatable bonds is 5. The molecule has 0 spiro atoms. The molecule has 1 aromatic heterocycles. The molecule has 2 saturated carbocycles. The first-order chi connectivity index (χ1) is 19.1. The molecule has 218 valence electrons. The Labute approximate surface area is 237 Å². The second kappa shape index (κ2) is 9.63. The van der Waals surface area contributed by atoms with Crippen LogP contribution < -0.4 is 16.0 Å². The minimum absolute atomic E-state index is 0.0404. The summed E-state index contributed by atoms with van der Waals surface area (Å²) in [6.07, 6.45) is -0.133. The van der Waals surface area contributed by atoms with Crippen molar-refractivity contribution in [3.05, 3.63) is 35.1 Å². The Morgan fingerprint density at radius 2 is 1.83 bits per heavy atom. The minimum Gasteiger partial charge on any atom is -0.506 e. The van der Waals surface area contributed by atoms with Crippen molar-refractivity contribution in [1.82, 2.24) is 5.32 Å². The molecule has 1 aromatic carbocycles. The topological polar surface area (TPSA) is 180 Å². The molecule has 3 aliphatic rings. The summed E-state index contributed by atoms with van der Waals surface area (Å²) in [4.78, 5) is 67.2. The number of phenols is 1. The van der Waals surface area contributed by atoms with Gasteiger partial charge < -0.3 is 30.6 Å². The van der Waals surface area contributed by atoms with Crippen LogP contribution in [0, 0.1) is 23.7 Å². The molecule has 2 fully saturated rings. The SMILES string of the molecule is CN(C)c1cc(-c2ccc(CNC(C)(C)C)o2)c(O)c2c1C[C@H]1C[C@H]3CC(=O)C(C(N)=O)C(=O)[C@@]3(O)C(=O)C1C2=O. The molecule has 0 bridgehead atoms. The van der Waals surface area contributed by atoms with Gasteiger partial charge in [0.1, 0.15) is 17.3 Å². The zero-order valence-electron chi connectivity index (χ0n) is 23.7. The van der Waals surface area contributed by atoms with E-state index in [1.165, 1.54) is 0 Å². The molecule has 0 radical (unpaired) electrons. The number of carbonyl (C=O) groups excluding carboxylic acids is 5. The number of hydrogen-bond donors (Lipinski definition) is 4. The number of phenolic OH excluding ortho intramolecular Hbond substituents is 1. The van der Waals surface area contributed by atoms with E-state index >= 15 is 0 Å². The lowest BCUT2D eigenvalue weighted by Crippen LogP contribution is -2.68. The zero-order valence-corrected chi connectivity index (χ0v) is 23.7. The lowest BCUT2D eigenvalue weighted by atomic mass is 9.53. The maximum absolute atomic E-state index is 14.0. The van der Waals surface area contributed by atoms with E-state index in [0.29, 0.717) is 29.3 Å². The maximum Gasteiger partial charge on any atom is 0.235 e. The molecule has 1 heterocycles. The molecule has 0 aliphatic heterocycles. The van der Waals surface area contributed by atoms with E-state index in [9.17, 15) is 34.2 Å². The number of carbonyl (C=O) groups is 5. The van der Waals surface area contributed by atoms with Crippen molar-refractivity contribution in [2.75, 3.05) is 19.0 Å². The predicted molar refractivity (Wildman–Crippen MR) is 147 cm³/mol. The normalized spacial score (nSPS) is 27.8. The number of furan rings is 1. The van der Waals surface area contributed by atoms with Crippen LogP contribution in [0.2, 0.25) is 0 Å². The van der Waals surface area contributed by atoms with Gasteiger partial charge in [0.25, 0.3) is 0 Å². The number of amides is 1. The van der Waals surface area contributed by atoms with Crippen molar-refractivity contribution >= 4 is 34.7 Å². The lowest BCUT2D eigenvalue weighted by Gasteiger charge is -2.48. The highest BCUT2D eigenvalue weighted by atomic mass is 16.3. The van der Waals surface area contributed by atoms with Crippen LogP contribution in [0.1, 0.15) is 55.3 Å². The number of nitrogens with zero attached hydrogens (tertiary/aromatic N) is 1. The standard InChI is InChI=1S/C30H35N3O8/c1-29(2,3)32-12-15-6-7-20(41-15)17-11-18(33(4)5)16-9-13-8-14-10-19(34)23(28(31)39)27(38)30(14,40)26(37)21(13)25(36)22(16)24(17)35/h6-7,11,13-14,21,23,32,35,40H,8-10,12H2,1-5H3,(H2,31,39)/t13-,14+,21?,23?,30+/m1/s1. The van der Waals surface area contributed by atoms with Gasteiger partial charge in [-0.25, -0.2) is 0 Å². The molecule has 2 unspecified atom stereocenters. The molecule has 2 aromatic rings. The second-order valence-corrected chi connectivity index (χ2v) is 12.6. The van der Waals surface area contributed by atoms with Crippen LogP contribution in [-0.4, -0.2) is 64.5 Å². The summed E-state index contributed by atoms with van der Waals surface area (Å²) in [7, 11) is 3.59. The van der Waals surface area contributed by atoms with Gasteiger partial charge >= 0.3 is 0 Å². The van der Waals surface area contributed by atoms with Gasteiger partial charge in [-0.3, -0.25) is 24.0 Å². The fourth-order valence-electron chi connectivity index (χ4n) is 6.57. The van der Waals surface area contributed by atoms with E-state index in [1.807, 2.05) is 20.8 Å². The van der Waals surface area contributed by atoms with Crippen LogP contribution in [0.15, 0.2) is 22.6 Å². The Morgan fingerprint density at radius 3 is 2.44 bits per heavy atom. The number of ketones is 4. The molecule has 11 heteroatoms. The number of Topliss-reactive ketones (excluding diaryl/α,β-unsaturated/α-hetero) is 4. The highest BCUT2D eigenvalue weighted by Gasteiger charge is 2.66. The molecular formula is C30H35N3O8. The van der Waals surface area contributed by atoms with Gasteiger partial charge in [0.15, 0.2) is 34.7 Å². The third-order valence-electron chi connectivity index (χ3n) is 8.58. The number of hydrogen-bond acceptors (Lipinski definition) is 10. The Hall–Kier alpha value is -3.83. The summed E-state index contributed by atoms with van der Waals surface area (Å²) in [5, 5.41) is 26.2. The first-order valence-corrected chi connectivity index (χ1v) is 13.6. The summed E-state index contributed by atoms with van der Waals surface area (Å²) < 4.78 is 6.00. The minimum atomic E-state index is -2.69. The number of anilines is 1. The van der Waals surface area contributed by atoms with Crippen LogP contribution in [0.5, 0.6) is 5.75 Å². The van der Waals surface area contributed by atoms with E-state index in [4.69, 9.17) is 10.2 Å². The molecule has 1 amide bonds. The molecule has 41 heavy (non-hydrogen) atoms. The van der Waals surface area contributed by atoms with Gasteiger partial charge in [0.05, 0.1) is 23.6 Å². The van der Waals surface area contributed by atoms with Gasteiger partial charge in [-0.1, -0.05) is 0 Å². The number of benzene rings is 1. The molecule has 5 atom stereocenters. The summed E-state index contributed by atoms with van der Waals surface area (Å²) >= 11 is 0. The molecular weight excluding hydrogens is 530 g/mol. The second-order valence-electron chi connectivity index (χ2n) is 12.6. The molecule has 11 nitrogen and oxygen atoms in total. The number of aliphatic hydroxyl groups is 1. The van der Waals surface area contributed by atoms with Crippen molar-refractivity contribution in [2.45, 2.75) is 57.7 Å². The van der Waals surface area contributed by atoms with E-state index in [2.05, 4.69) is 5.32 Å². The summed E-state index contributed by atoms with van der Waals surface area (Å²) in [6, 6.07) is 5.19. The van der Waals surface area contributed by atoms with E-state index in [0.717, 1.165) is 0 Å². The maximum atomic E-state index is 14.0. The summed E-state index contributed by atoms with van der Waals surface area (Å²) in [5.74, 6) is -9.50. The average molecular weight is 566 g/mol. The molecule has 5 rings (SSSR count). The number of aromatic hydroxyl groups is 1. The molecule has 3 aliphatic carbocycles. The van der Waals surface area contributed by atoms with Crippen LogP contribution in [0.4, 0.5) is 5.69 Å². The quantitative estimate of drug-likeness (QED) is 0.388. The zero-order chi connectivity index (χ0) is 30.2. The smallest absolute Gasteiger partial charge is 0.235 e. The Balaban J connectivity index is 1.58. The molecule has 0 saturated heterocycles. The highest BCUT2D eigenvalue weighted by molar-refractivity contribution is 6.31.